The number of piperidine rings is 1. The zero-order valence-corrected chi connectivity index (χ0v) is 12.5. The van der Waals surface area contributed by atoms with Crippen molar-refractivity contribution in [2.75, 3.05) is 19.6 Å². The minimum atomic E-state index is -3.26. The zero-order chi connectivity index (χ0) is 13.3. The average molecular weight is 300 g/mol. The van der Waals surface area contributed by atoms with E-state index in [0.717, 1.165) is 38.8 Å². The van der Waals surface area contributed by atoms with Gasteiger partial charge in [-0.1, -0.05) is 6.07 Å². The van der Waals surface area contributed by atoms with E-state index >= 15 is 0 Å². The van der Waals surface area contributed by atoms with Gasteiger partial charge in [0.25, 0.3) is 10.0 Å². The maximum atomic E-state index is 12.7. The molecular formula is C13H20N2O2S2. The number of hydrogen-bond acceptors (Lipinski definition) is 4. The molecule has 0 aromatic carbocycles. The number of nitrogens with zero attached hydrogens (tertiary/aromatic N) is 1. The van der Waals surface area contributed by atoms with Crippen molar-refractivity contribution in [2.24, 2.45) is 5.92 Å². The van der Waals surface area contributed by atoms with Crippen LogP contribution < -0.4 is 5.32 Å². The van der Waals surface area contributed by atoms with Gasteiger partial charge in [-0.2, -0.15) is 4.31 Å². The molecule has 0 atom stereocenters. The van der Waals surface area contributed by atoms with Gasteiger partial charge >= 0.3 is 0 Å². The highest BCUT2D eigenvalue weighted by Gasteiger charge is 2.39. The largest absolute Gasteiger partial charge is 0.317 e. The molecule has 0 amide bonds. The molecule has 2 heterocycles. The summed E-state index contributed by atoms with van der Waals surface area (Å²) in [6.07, 6.45) is 4.22. The molecule has 2 aliphatic rings. The van der Waals surface area contributed by atoms with Gasteiger partial charge in [-0.3, -0.25) is 0 Å². The van der Waals surface area contributed by atoms with E-state index < -0.39 is 10.0 Å². The number of nitrogens with one attached hydrogen (secondary N) is 1. The van der Waals surface area contributed by atoms with E-state index in [4.69, 9.17) is 0 Å². The summed E-state index contributed by atoms with van der Waals surface area (Å²) < 4.78 is 27.6. The molecule has 6 heteroatoms. The molecule has 1 aromatic heterocycles. The number of hydrogen-bond donors (Lipinski definition) is 1. The topological polar surface area (TPSA) is 49.4 Å². The first-order valence-electron chi connectivity index (χ1n) is 6.94. The lowest BCUT2D eigenvalue weighted by atomic mass is 9.98. The van der Waals surface area contributed by atoms with E-state index in [1.807, 2.05) is 11.4 Å². The van der Waals surface area contributed by atoms with Gasteiger partial charge in [-0.25, -0.2) is 8.42 Å². The monoisotopic (exact) mass is 300 g/mol. The molecule has 0 radical (unpaired) electrons. The summed E-state index contributed by atoms with van der Waals surface area (Å²) in [7, 11) is -3.26. The number of rotatable bonds is 5. The van der Waals surface area contributed by atoms with Crippen molar-refractivity contribution in [1.29, 1.82) is 0 Å². The fourth-order valence-electron chi connectivity index (χ4n) is 2.65. The van der Waals surface area contributed by atoms with Crippen LogP contribution in [0.1, 0.15) is 25.7 Å². The summed E-state index contributed by atoms with van der Waals surface area (Å²) in [5, 5.41) is 5.17. The van der Waals surface area contributed by atoms with Gasteiger partial charge in [-0.05, 0) is 56.1 Å². The Balaban J connectivity index is 1.77. The molecule has 0 unspecified atom stereocenters. The van der Waals surface area contributed by atoms with Gasteiger partial charge in [0.05, 0.1) is 0 Å². The molecule has 0 bridgehead atoms. The Kier molecular flexibility index (Phi) is 3.93. The van der Waals surface area contributed by atoms with Crippen LogP contribution in [-0.2, 0) is 10.0 Å². The third kappa shape index (κ3) is 3.02. The van der Waals surface area contributed by atoms with Gasteiger partial charge in [0, 0.05) is 12.6 Å². The van der Waals surface area contributed by atoms with Crippen molar-refractivity contribution in [3.63, 3.8) is 0 Å². The molecule has 4 nitrogen and oxygen atoms in total. The van der Waals surface area contributed by atoms with Gasteiger partial charge in [-0.15, -0.1) is 11.3 Å². The quantitative estimate of drug-likeness (QED) is 0.903. The van der Waals surface area contributed by atoms with Crippen LogP contribution in [0.25, 0.3) is 0 Å². The molecule has 1 aliphatic heterocycles. The molecular weight excluding hydrogens is 280 g/mol. The standard InChI is InChI=1S/C13H20N2O2S2/c16-19(17,13-2-1-9-18-13)15(12-3-4-12)10-11-5-7-14-8-6-11/h1-2,9,11-12,14H,3-8,10H2. The lowest BCUT2D eigenvalue weighted by molar-refractivity contribution is 0.283. The highest BCUT2D eigenvalue weighted by atomic mass is 32.2. The van der Waals surface area contributed by atoms with Crippen LogP contribution in [0.2, 0.25) is 0 Å². The first-order chi connectivity index (χ1) is 9.18. The zero-order valence-electron chi connectivity index (χ0n) is 10.9. The molecule has 3 rings (SSSR count). The molecule has 1 aliphatic carbocycles. The number of thiophene rings is 1. The first kappa shape index (κ1) is 13.5. The third-order valence-corrected chi connectivity index (χ3v) is 7.20. The number of sulfonamides is 1. The minimum Gasteiger partial charge on any atom is -0.317 e. The SMILES string of the molecule is O=S(=O)(c1cccs1)N(CC1CCNCC1)C1CC1. The Bertz CT molecular complexity index is 503. The summed E-state index contributed by atoms with van der Waals surface area (Å²) in [6, 6.07) is 3.78. The van der Waals surface area contributed by atoms with Crippen LogP contribution in [-0.4, -0.2) is 38.4 Å². The van der Waals surface area contributed by atoms with Gasteiger partial charge in [0.1, 0.15) is 4.21 Å². The Morgan fingerprint density at radius 2 is 2.00 bits per heavy atom. The molecule has 1 saturated heterocycles. The Morgan fingerprint density at radius 3 is 2.58 bits per heavy atom. The van der Waals surface area contributed by atoms with E-state index in [1.165, 1.54) is 11.3 Å². The van der Waals surface area contributed by atoms with Crippen LogP contribution in [0.15, 0.2) is 21.7 Å². The molecule has 2 fully saturated rings. The molecule has 1 saturated carbocycles. The minimum absolute atomic E-state index is 0.252. The summed E-state index contributed by atoms with van der Waals surface area (Å²) >= 11 is 1.32. The van der Waals surface area contributed by atoms with Crippen molar-refractivity contribution in [3.05, 3.63) is 17.5 Å². The lowest BCUT2D eigenvalue weighted by Gasteiger charge is -2.29. The Labute approximate surface area is 118 Å². The van der Waals surface area contributed by atoms with Gasteiger partial charge < -0.3 is 5.32 Å². The fourth-order valence-corrected chi connectivity index (χ4v) is 5.53. The molecule has 19 heavy (non-hydrogen) atoms. The molecule has 0 spiro atoms. The summed E-state index contributed by atoms with van der Waals surface area (Å²) in [6.45, 7) is 2.73. The highest BCUT2D eigenvalue weighted by molar-refractivity contribution is 7.91. The van der Waals surface area contributed by atoms with Crippen molar-refractivity contribution in [1.82, 2.24) is 9.62 Å². The predicted molar refractivity (Wildman–Crippen MR) is 76.8 cm³/mol. The Hall–Kier alpha value is -0.430. The fraction of sp³-hybridized carbons (Fsp3) is 0.692. The van der Waals surface area contributed by atoms with Crippen LogP contribution >= 0.6 is 11.3 Å². The van der Waals surface area contributed by atoms with E-state index in [9.17, 15) is 8.42 Å². The van der Waals surface area contributed by atoms with Gasteiger partial charge in [0.15, 0.2) is 0 Å². The van der Waals surface area contributed by atoms with Crippen molar-refractivity contribution >= 4 is 21.4 Å². The maximum absolute atomic E-state index is 12.7. The van der Waals surface area contributed by atoms with Crippen molar-refractivity contribution in [3.8, 4) is 0 Å². The second-order valence-corrected chi connectivity index (χ2v) is 8.50. The second kappa shape index (κ2) is 5.52. The summed E-state index contributed by atoms with van der Waals surface area (Å²) in [4.78, 5) is 0. The lowest BCUT2D eigenvalue weighted by Crippen LogP contribution is -2.40. The molecule has 106 valence electrons. The predicted octanol–water partition coefficient (Wildman–Crippen LogP) is 1.90. The van der Waals surface area contributed by atoms with Crippen LogP contribution in [0.4, 0.5) is 0 Å². The van der Waals surface area contributed by atoms with E-state index in [1.54, 1.807) is 10.4 Å². The molecule has 1 aromatic rings. The first-order valence-corrected chi connectivity index (χ1v) is 9.26. The van der Waals surface area contributed by atoms with E-state index in [2.05, 4.69) is 5.32 Å². The summed E-state index contributed by atoms with van der Waals surface area (Å²) in [5.74, 6) is 0.511. The van der Waals surface area contributed by atoms with Crippen LogP contribution in [0, 0.1) is 5.92 Å². The van der Waals surface area contributed by atoms with Crippen molar-refractivity contribution in [2.45, 2.75) is 35.9 Å². The average Bonchev–Trinajstić information content (AvgIpc) is 3.09. The summed E-state index contributed by atoms with van der Waals surface area (Å²) in [5.41, 5.74) is 0. The van der Waals surface area contributed by atoms with E-state index in [-0.39, 0.29) is 6.04 Å². The third-order valence-electron chi connectivity index (χ3n) is 3.91. The maximum Gasteiger partial charge on any atom is 0.252 e. The second-order valence-electron chi connectivity index (χ2n) is 5.43. The van der Waals surface area contributed by atoms with Crippen LogP contribution in [0.5, 0.6) is 0 Å². The normalized spacial score (nSPS) is 21.9. The van der Waals surface area contributed by atoms with E-state index in [0.29, 0.717) is 16.7 Å². The highest BCUT2D eigenvalue weighted by Crippen LogP contribution is 2.34. The van der Waals surface area contributed by atoms with Gasteiger partial charge in [0.2, 0.25) is 0 Å². The molecule has 1 N–H and O–H groups in total. The van der Waals surface area contributed by atoms with Crippen molar-refractivity contribution < 1.29 is 8.42 Å². The van der Waals surface area contributed by atoms with Crippen LogP contribution in [0.3, 0.4) is 0 Å². The Morgan fingerprint density at radius 1 is 1.26 bits per heavy atom. The smallest absolute Gasteiger partial charge is 0.252 e.